The molecule has 6 rings (SSSR count). The van der Waals surface area contributed by atoms with E-state index in [0.717, 1.165) is 19.4 Å². The fourth-order valence-corrected chi connectivity index (χ4v) is 6.09. The van der Waals surface area contributed by atoms with Crippen molar-refractivity contribution in [1.29, 1.82) is 0 Å². The van der Waals surface area contributed by atoms with Gasteiger partial charge < -0.3 is 10.2 Å². The molecule has 0 saturated carbocycles. The van der Waals surface area contributed by atoms with Gasteiger partial charge in [0.1, 0.15) is 0 Å². The van der Waals surface area contributed by atoms with Gasteiger partial charge in [-0.3, -0.25) is 9.59 Å². The van der Waals surface area contributed by atoms with Crippen LogP contribution in [0.4, 0.5) is 11.4 Å². The number of halogens is 3. The van der Waals surface area contributed by atoms with Gasteiger partial charge in [0, 0.05) is 28.2 Å². The van der Waals surface area contributed by atoms with Gasteiger partial charge in [0.15, 0.2) is 11.5 Å². The van der Waals surface area contributed by atoms with Crippen LogP contribution in [0.2, 0.25) is 15.1 Å². The SMILES string of the molecule is O=C1C2C3CCCN3C3=NC2(C(=O)N1c1cc(Cl)cc(Cl)c1)c1cccc(Cl)c1N3. The molecule has 3 atom stereocenters. The molecule has 0 aromatic heterocycles. The molecule has 4 heterocycles. The normalized spacial score (nSPS) is 28.7. The van der Waals surface area contributed by atoms with Crippen molar-refractivity contribution in [3.63, 3.8) is 0 Å². The maximum atomic E-state index is 14.0. The van der Waals surface area contributed by atoms with Crippen LogP contribution in [-0.2, 0) is 15.1 Å². The van der Waals surface area contributed by atoms with Crippen LogP contribution in [0.3, 0.4) is 0 Å². The third kappa shape index (κ3) is 2.19. The fraction of sp³-hybridized carbons (Fsp3) is 0.286. The van der Waals surface area contributed by atoms with Crippen LogP contribution in [0.25, 0.3) is 0 Å². The summed E-state index contributed by atoms with van der Waals surface area (Å²) in [6.07, 6.45) is 1.73. The number of nitrogens with zero attached hydrogens (tertiary/aromatic N) is 3. The fourth-order valence-electron chi connectivity index (χ4n) is 5.35. The minimum absolute atomic E-state index is 0.117. The van der Waals surface area contributed by atoms with Gasteiger partial charge in [-0.05, 0) is 37.1 Å². The van der Waals surface area contributed by atoms with Crippen LogP contribution in [0.15, 0.2) is 41.4 Å². The molecule has 2 aromatic carbocycles. The first-order chi connectivity index (χ1) is 14.4. The average molecular weight is 462 g/mol. The van der Waals surface area contributed by atoms with Crippen LogP contribution in [0.5, 0.6) is 0 Å². The number of rotatable bonds is 1. The van der Waals surface area contributed by atoms with Gasteiger partial charge in [-0.1, -0.05) is 46.9 Å². The van der Waals surface area contributed by atoms with Crippen LogP contribution in [0, 0.1) is 5.92 Å². The summed E-state index contributed by atoms with van der Waals surface area (Å²) in [5.74, 6) is -0.731. The summed E-state index contributed by atoms with van der Waals surface area (Å²) in [6.45, 7) is 0.771. The van der Waals surface area contributed by atoms with Gasteiger partial charge in [-0.15, -0.1) is 0 Å². The summed E-state index contributed by atoms with van der Waals surface area (Å²) in [5.41, 5.74) is 0.267. The molecule has 1 N–H and O–H groups in total. The lowest BCUT2D eigenvalue weighted by Gasteiger charge is -2.46. The summed E-state index contributed by atoms with van der Waals surface area (Å²) < 4.78 is 0. The molecule has 152 valence electrons. The number of hydrogen-bond acceptors (Lipinski definition) is 5. The molecule has 2 aromatic rings. The smallest absolute Gasteiger partial charge is 0.267 e. The van der Waals surface area contributed by atoms with E-state index < -0.39 is 17.4 Å². The number of anilines is 2. The minimum Gasteiger partial charge on any atom is -0.339 e. The van der Waals surface area contributed by atoms with E-state index in [1.54, 1.807) is 30.3 Å². The number of fused-ring (bicyclic) bond motifs is 4. The molecular weight excluding hydrogens is 447 g/mol. The summed E-state index contributed by atoms with van der Waals surface area (Å²) >= 11 is 18.8. The minimum atomic E-state index is -1.35. The van der Waals surface area contributed by atoms with Gasteiger partial charge in [-0.2, -0.15) is 0 Å². The first kappa shape index (κ1) is 18.5. The number of imide groups is 1. The van der Waals surface area contributed by atoms with E-state index in [-0.39, 0.29) is 11.9 Å². The van der Waals surface area contributed by atoms with Gasteiger partial charge in [0.2, 0.25) is 5.91 Å². The lowest BCUT2D eigenvalue weighted by atomic mass is 9.73. The number of benzene rings is 2. The summed E-state index contributed by atoms with van der Waals surface area (Å²) in [7, 11) is 0. The van der Waals surface area contributed by atoms with Gasteiger partial charge in [-0.25, -0.2) is 9.89 Å². The molecule has 2 amide bonds. The number of carbonyl (C=O) groups excluding carboxylic acids is 2. The van der Waals surface area contributed by atoms with Gasteiger partial charge in [0.05, 0.1) is 22.3 Å². The lowest BCUT2D eigenvalue weighted by molar-refractivity contribution is -0.123. The number of hydrogen-bond donors (Lipinski definition) is 1. The van der Waals surface area contributed by atoms with Crippen molar-refractivity contribution in [2.24, 2.45) is 10.9 Å². The van der Waals surface area contributed by atoms with E-state index in [1.165, 1.54) is 4.90 Å². The standard InChI is InChI=1S/C21H15Cl3N4O2/c22-10-7-11(23)9-12(8-10)28-18(29)16-15-5-2-6-27(15)20-25-17-13(3-1-4-14(17)24)21(16,26-20)19(28)30/h1,3-4,7-9,15-16H,2,5-6H2,(H,25,26). The molecule has 0 aliphatic carbocycles. The summed E-state index contributed by atoms with van der Waals surface area (Å²) in [4.78, 5) is 35.9. The predicted octanol–water partition coefficient (Wildman–Crippen LogP) is 4.29. The first-order valence-electron chi connectivity index (χ1n) is 9.69. The zero-order valence-corrected chi connectivity index (χ0v) is 17.8. The number of nitrogens with one attached hydrogen (secondary N) is 1. The molecule has 2 fully saturated rings. The highest BCUT2D eigenvalue weighted by molar-refractivity contribution is 6.37. The Bertz CT molecular complexity index is 1160. The second-order valence-electron chi connectivity index (χ2n) is 7.98. The molecule has 3 unspecified atom stereocenters. The van der Waals surface area contributed by atoms with E-state index >= 15 is 0 Å². The van der Waals surface area contributed by atoms with Crippen molar-refractivity contribution in [3.05, 3.63) is 57.0 Å². The van der Waals surface area contributed by atoms with Crippen LogP contribution < -0.4 is 10.2 Å². The molecule has 9 heteroatoms. The molecular formula is C21H15Cl3N4O2. The Balaban J connectivity index is 1.62. The monoisotopic (exact) mass is 460 g/mol. The topological polar surface area (TPSA) is 65.0 Å². The number of aliphatic imine (C=N–C) groups is 1. The molecule has 2 bridgehead atoms. The second-order valence-corrected chi connectivity index (χ2v) is 9.26. The van der Waals surface area contributed by atoms with E-state index in [2.05, 4.69) is 10.2 Å². The predicted molar refractivity (Wildman–Crippen MR) is 116 cm³/mol. The molecule has 2 saturated heterocycles. The van der Waals surface area contributed by atoms with E-state index in [9.17, 15) is 9.59 Å². The third-order valence-corrected chi connectivity index (χ3v) is 7.22. The van der Waals surface area contributed by atoms with Crippen molar-refractivity contribution in [2.75, 3.05) is 16.8 Å². The van der Waals surface area contributed by atoms with Crippen LogP contribution in [-0.4, -0.2) is 35.3 Å². The largest absolute Gasteiger partial charge is 0.339 e. The van der Waals surface area contributed by atoms with Gasteiger partial charge >= 0.3 is 0 Å². The number of guanidine groups is 1. The molecule has 4 aliphatic rings. The van der Waals surface area contributed by atoms with Crippen molar-refractivity contribution in [2.45, 2.75) is 24.4 Å². The summed E-state index contributed by atoms with van der Waals surface area (Å²) in [5, 5.41) is 4.50. The average Bonchev–Trinajstić information content (AvgIpc) is 3.24. The van der Waals surface area contributed by atoms with Crippen LogP contribution in [0.1, 0.15) is 18.4 Å². The highest BCUT2D eigenvalue weighted by Crippen LogP contribution is 2.55. The Kier molecular flexibility index (Phi) is 3.77. The Morgan fingerprint density at radius 3 is 2.63 bits per heavy atom. The Morgan fingerprint density at radius 2 is 1.87 bits per heavy atom. The molecule has 0 radical (unpaired) electrons. The zero-order valence-electron chi connectivity index (χ0n) is 15.5. The number of amides is 2. The van der Waals surface area contributed by atoms with Crippen molar-refractivity contribution in [1.82, 2.24) is 4.90 Å². The van der Waals surface area contributed by atoms with E-state index in [0.29, 0.717) is 38.0 Å². The maximum absolute atomic E-state index is 14.0. The summed E-state index contributed by atoms with van der Waals surface area (Å²) in [6, 6.07) is 9.98. The zero-order chi connectivity index (χ0) is 20.8. The highest BCUT2D eigenvalue weighted by atomic mass is 35.5. The Labute approximate surface area is 187 Å². The number of para-hydroxylation sites is 1. The van der Waals surface area contributed by atoms with E-state index in [4.69, 9.17) is 39.8 Å². The number of carbonyl (C=O) groups is 2. The highest BCUT2D eigenvalue weighted by Gasteiger charge is 2.69. The lowest BCUT2D eigenvalue weighted by Crippen LogP contribution is -2.59. The maximum Gasteiger partial charge on any atom is 0.267 e. The quantitative estimate of drug-likeness (QED) is 0.644. The first-order valence-corrected chi connectivity index (χ1v) is 10.8. The van der Waals surface area contributed by atoms with Crippen molar-refractivity contribution >= 4 is 64.0 Å². The Hall–Kier alpha value is -2.28. The van der Waals surface area contributed by atoms with Crippen molar-refractivity contribution in [3.8, 4) is 0 Å². The van der Waals surface area contributed by atoms with E-state index in [1.807, 2.05) is 6.07 Å². The third-order valence-electron chi connectivity index (χ3n) is 6.47. The molecule has 1 spiro atoms. The molecule has 6 nitrogen and oxygen atoms in total. The van der Waals surface area contributed by atoms with Gasteiger partial charge in [0.25, 0.3) is 5.91 Å². The molecule has 30 heavy (non-hydrogen) atoms. The second kappa shape index (κ2) is 6.13. The van der Waals surface area contributed by atoms with Crippen LogP contribution >= 0.6 is 34.8 Å². The Morgan fingerprint density at radius 1 is 1.10 bits per heavy atom. The van der Waals surface area contributed by atoms with Crippen molar-refractivity contribution < 1.29 is 9.59 Å². The molecule has 4 aliphatic heterocycles.